The van der Waals surface area contributed by atoms with Crippen molar-refractivity contribution < 1.29 is 14.6 Å². The molecule has 0 aliphatic rings. The van der Waals surface area contributed by atoms with Gasteiger partial charge in [-0.25, -0.2) is 0 Å². The van der Waals surface area contributed by atoms with Crippen LogP contribution in [-0.2, 0) is 0 Å². The SMILES string of the molecule is COc1ccc(O)c(OC)c1I. The monoisotopic (exact) mass is 280 g/mol. The number of halogens is 1. The summed E-state index contributed by atoms with van der Waals surface area (Å²) in [4.78, 5) is 0. The molecule has 66 valence electrons. The standard InChI is InChI=1S/C8H9IO3/c1-11-6-4-3-5(10)8(12-2)7(6)9/h3-4,10H,1-2H3. The number of methoxy groups -OCH3 is 2. The van der Waals surface area contributed by atoms with Gasteiger partial charge in [0.25, 0.3) is 0 Å². The van der Waals surface area contributed by atoms with Crippen LogP contribution < -0.4 is 9.47 Å². The molecule has 0 aliphatic heterocycles. The summed E-state index contributed by atoms with van der Waals surface area (Å²) in [6, 6.07) is 3.24. The highest BCUT2D eigenvalue weighted by Gasteiger charge is 2.10. The van der Waals surface area contributed by atoms with Crippen LogP contribution in [0.3, 0.4) is 0 Å². The average molecular weight is 280 g/mol. The minimum Gasteiger partial charge on any atom is -0.504 e. The Morgan fingerprint density at radius 3 is 2.42 bits per heavy atom. The van der Waals surface area contributed by atoms with Crippen molar-refractivity contribution in [1.29, 1.82) is 0 Å². The van der Waals surface area contributed by atoms with Crippen LogP contribution >= 0.6 is 22.6 Å². The normalized spacial score (nSPS) is 9.58. The van der Waals surface area contributed by atoms with Gasteiger partial charge in [-0.3, -0.25) is 0 Å². The van der Waals surface area contributed by atoms with Gasteiger partial charge in [0.05, 0.1) is 14.2 Å². The number of hydrogen-bond donors (Lipinski definition) is 1. The van der Waals surface area contributed by atoms with E-state index in [9.17, 15) is 5.11 Å². The van der Waals surface area contributed by atoms with Gasteiger partial charge in [0, 0.05) is 0 Å². The van der Waals surface area contributed by atoms with Crippen molar-refractivity contribution in [3.05, 3.63) is 15.7 Å². The molecule has 0 radical (unpaired) electrons. The third kappa shape index (κ3) is 1.57. The Hall–Kier alpha value is -0.650. The lowest BCUT2D eigenvalue weighted by atomic mass is 10.3. The Morgan fingerprint density at radius 1 is 1.25 bits per heavy atom. The first-order valence-corrected chi connectivity index (χ1v) is 4.38. The Morgan fingerprint density at radius 2 is 1.92 bits per heavy atom. The van der Waals surface area contributed by atoms with E-state index in [1.807, 2.05) is 0 Å². The third-order valence-electron chi connectivity index (χ3n) is 1.46. The van der Waals surface area contributed by atoms with Crippen molar-refractivity contribution in [2.75, 3.05) is 14.2 Å². The first-order valence-electron chi connectivity index (χ1n) is 3.30. The highest BCUT2D eigenvalue weighted by Crippen LogP contribution is 2.37. The molecule has 0 saturated heterocycles. The number of aromatic hydroxyl groups is 1. The van der Waals surface area contributed by atoms with E-state index in [-0.39, 0.29) is 5.75 Å². The summed E-state index contributed by atoms with van der Waals surface area (Å²) in [7, 11) is 3.09. The van der Waals surface area contributed by atoms with Crippen LogP contribution in [-0.4, -0.2) is 19.3 Å². The van der Waals surface area contributed by atoms with Crippen molar-refractivity contribution in [3.63, 3.8) is 0 Å². The highest BCUT2D eigenvalue weighted by molar-refractivity contribution is 14.1. The fourth-order valence-corrected chi connectivity index (χ4v) is 1.78. The molecule has 0 aromatic heterocycles. The van der Waals surface area contributed by atoms with E-state index in [1.165, 1.54) is 7.11 Å². The van der Waals surface area contributed by atoms with Gasteiger partial charge in [-0.15, -0.1) is 0 Å². The molecule has 1 rings (SSSR count). The number of phenols is 1. The maximum atomic E-state index is 9.33. The van der Waals surface area contributed by atoms with Crippen molar-refractivity contribution in [2.45, 2.75) is 0 Å². The van der Waals surface area contributed by atoms with Gasteiger partial charge in [0.2, 0.25) is 0 Å². The number of rotatable bonds is 2. The molecule has 4 heteroatoms. The molecule has 1 aromatic rings. The molecule has 0 heterocycles. The van der Waals surface area contributed by atoms with Crippen LogP contribution in [0.15, 0.2) is 12.1 Å². The summed E-state index contributed by atoms with van der Waals surface area (Å²) >= 11 is 2.06. The maximum Gasteiger partial charge on any atom is 0.177 e. The Kier molecular flexibility index (Phi) is 3.02. The van der Waals surface area contributed by atoms with Crippen molar-refractivity contribution in [2.24, 2.45) is 0 Å². The fourth-order valence-electron chi connectivity index (χ4n) is 0.880. The summed E-state index contributed by atoms with van der Waals surface area (Å²) in [6.07, 6.45) is 0. The Bertz CT molecular complexity index is 286. The molecule has 1 aromatic carbocycles. The van der Waals surface area contributed by atoms with Crippen molar-refractivity contribution in [1.82, 2.24) is 0 Å². The van der Waals surface area contributed by atoms with Gasteiger partial charge in [-0.2, -0.15) is 0 Å². The summed E-state index contributed by atoms with van der Waals surface area (Å²) in [5.41, 5.74) is 0. The largest absolute Gasteiger partial charge is 0.504 e. The third-order valence-corrected chi connectivity index (χ3v) is 2.49. The van der Waals surface area contributed by atoms with E-state index in [0.29, 0.717) is 11.5 Å². The van der Waals surface area contributed by atoms with E-state index < -0.39 is 0 Å². The van der Waals surface area contributed by atoms with Crippen LogP contribution in [0.25, 0.3) is 0 Å². The Balaban J connectivity index is 3.24. The maximum absolute atomic E-state index is 9.33. The Labute approximate surface area is 84.4 Å². The number of benzene rings is 1. The first kappa shape index (κ1) is 9.44. The molecule has 0 unspecified atom stereocenters. The average Bonchev–Trinajstić information content (AvgIpc) is 2.06. The van der Waals surface area contributed by atoms with Crippen LogP contribution in [0.2, 0.25) is 0 Å². The summed E-state index contributed by atoms with van der Waals surface area (Å²) in [5.74, 6) is 1.28. The van der Waals surface area contributed by atoms with Crippen LogP contribution in [0.1, 0.15) is 0 Å². The van der Waals surface area contributed by atoms with Gasteiger partial charge in [0.15, 0.2) is 11.5 Å². The minimum absolute atomic E-state index is 0.128. The quantitative estimate of drug-likeness (QED) is 0.842. The molecule has 0 atom stereocenters. The predicted octanol–water partition coefficient (Wildman–Crippen LogP) is 2.01. The number of hydrogen-bond acceptors (Lipinski definition) is 3. The molecule has 1 N–H and O–H groups in total. The van der Waals surface area contributed by atoms with Crippen LogP contribution in [0.5, 0.6) is 17.2 Å². The van der Waals surface area contributed by atoms with Gasteiger partial charge in [0.1, 0.15) is 9.32 Å². The second-order valence-electron chi connectivity index (χ2n) is 2.13. The molecule has 0 aliphatic carbocycles. The zero-order valence-corrected chi connectivity index (χ0v) is 8.95. The minimum atomic E-state index is 0.128. The molecule has 12 heavy (non-hydrogen) atoms. The van der Waals surface area contributed by atoms with E-state index in [1.54, 1.807) is 19.2 Å². The fraction of sp³-hybridized carbons (Fsp3) is 0.250. The van der Waals surface area contributed by atoms with Gasteiger partial charge >= 0.3 is 0 Å². The number of ether oxygens (including phenoxy) is 2. The predicted molar refractivity (Wildman–Crippen MR) is 53.9 cm³/mol. The van der Waals surface area contributed by atoms with E-state index in [2.05, 4.69) is 22.6 Å². The second kappa shape index (κ2) is 3.84. The highest BCUT2D eigenvalue weighted by atomic mass is 127. The summed E-state index contributed by atoms with van der Waals surface area (Å²) < 4.78 is 10.8. The summed E-state index contributed by atoms with van der Waals surface area (Å²) in [5, 5.41) is 9.33. The van der Waals surface area contributed by atoms with Crippen molar-refractivity contribution >= 4 is 22.6 Å². The molecular weight excluding hydrogens is 271 g/mol. The van der Waals surface area contributed by atoms with Crippen LogP contribution in [0.4, 0.5) is 0 Å². The molecule has 3 nitrogen and oxygen atoms in total. The summed E-state index contributed by atoms with van der Waals surface area (Å²) in [6.45, 7) is 0. The van der Waals surface area contributed by atoms with Gasteiger partial charge in [-0.05, 0) is 34.7 Å². The number of phenolic OH excluding ortho intramolecular Hbond substituents is 1. The topological polar surface area (TPSA) is 38.7 Å². The van der Waals surface area contributed by atoms with Gasteiger partial charge in [-0.1, -0.05) is 0 Å². The molecule has 0 amide bonds. The molecule has 0 saturated carbocycles. The molecular formula is C8H9IO3. The van der Waals surface area contributed by atoms with Crippen LogP contribution in [0, 0.1) is 3.57 Å². The lowest BCUT2D eigenvalue weighted by Crippen LogP contribution is -1.92. The molecule has 0 spiro atoms. The van der Waals surface area contributed by atoms with Gasteiger partial charge < -0.3 is 14.6 Å². The first-order chi connectivity index (χ1) is 5.70. The molecule has 0 bridgehead atoms. The van der Waals surface area contributed by atoms with E-state index >= 15 is 0 Å². The van der Waals surface area contributed by atoms with E-state index in [4.69, 9.17) is 9.47 Å². The zero-order chi connectivity index (χ0) is 9.14. The molecule has 0 fully saturated rings. The lowest BCUT2D eigenvalue weighted by molar-refractivity contribution is 0.360. The van der Waals surface area contributed by atoms with E-state index in [0.717, 1.165) is 3.57 Å². The smallest absolute Gasteiger partial charge is 0.177 e. The zero-order valence-electron chi connectivity index (χ0n) is 6.80. The lowest BCUT2D eigenvalue weighted by Gasteiger charge is -2.08. The van der Waals surface area contributed by atoms with Crippen molar-refractivity contribution in [3.8, 4) is 17.2 Å². The second-order valence-corrected chi connectivity index (χ2v) is 3.21.